The number of rotatable bonds is 4. The third kappa shape index (κ3) is 3.80. The molecule has 3 aromatic rings. The van der Waals surface area contributed by atoms with Gasteiger partial charge in [0, 0.05) is 50.3 Å². The summed E-state index contributed by atoms with van der Waals surface area (Å²) in [6, 6.07) is 6.03. The van der Waals surface area contributed by atoms with Gasteiger partial charge in [-0.2, -0.15) is 5.10 Å². The van der Waals surface area contributed by atoms with Crippen molar-refractivity contribution in [2.24, 2.45) is 0 Å². The molecule has 10 heteroatoms. The van der Waals surface area contributed by atoms with Crippen LogP contribution in [0.4, 0.5) is 5.95 Å². The highest BCUT2D eigenvalue weighted by Gasteiger charge is 2.28. The van der Waals surface area contributed by atoms with E-state index in [-0.39, 0.29) is 11.5 Å². The van der Waals surface area contributed by atoms with Gasteiger partial charge in [-0.1, -0.05) is 0 Å². The summed E-state index contributed by atoms with van der Waals surface area (Å²) in [7, 11) is 0. The molecule has 0 aliphatic carbocycles. The maximum Gasteiger partial charge on any atom is 0.267 e. The Labute approximate surface area is 173 Å². The summed E-state index contributed by atoms with van der Waals surface area (Å²) in [5, 5.41) is 8.83. The third-order valence-corrected chi connectivity index (χ3v) is 5.19. The number of carbonyl (C=O) groups excluding carboxylic acids is 1. The van der Waals surface area contributed by atoms with E-state index in [0.29, 0.717) is 37.9 Å². The summed E-state index contributed by atoms with van der Waals surface area (Å²) in [4.78, 5) is 37.8. The molecule has 1 aliphatic rings. The highest BCUT2D eigenvalue weighted by atomic mass is 16.2. The van der Waals surface area contributed by atoms with Gasteiger partial charge in [-0.25, -0.2) is 19.3 Å². The Balaban J connectivity index is 1.50. The van der Waals surface area contributed by atoms with Crippen LogP contribution >= 0.6 is 0 Å². The molecule has 0 aromatic carbocycles. The van der Waals surface area contributed by atoms with Gasteiger partial charge in [-0.05, 0) is 39.0 Å². The molecule has 4 heterocycles. The maximum atomic E-state index is 13.1. The Morgan fingerprint density at radius 1 is 1.03 bits per heavy atom. The Hall–Kier alpha value is -3.56. The molecule has 0 bridgehead atoms. The van der Waals surface area contributed by atoms with Crippen molar-refractivity contribution in [1.29, 1.82) is 0 Å². The number of amides is 1. The van der Waals surface area contributed by atoms with Crippen molar-refractivity contribution in [2.45, 2.75) is 26.8 Å². The number of nitrogens with zero attached hydrogens (tertiary/aromatic N) is 8. The molecule has 10 nitrogen and oxygen atoms in total. The van der Waals surface area contributed by atoms with E-state index in [1.54, 1.807) is 41.0 Å². The zero-order valence-electron chi connectivity index (χ0n) is 17.3. The molecule has 0 radical (unpaired) electrons. The van der Waals surface area contributed by atoms with E-state index in [1.807, 2.05) is 24.8 Å². The summed E-state index contributed by atoms with van der Waals surface area (Å²) in [5.74, 6) is 1.03. The van der Waals surface area contributed by atoms with Crippen LogP contribution in [-0.2, 0) is 4.79 Å². The quantitative estimate of drug-likeness (QED) is 0.628. The normalized spacial score (nSPS) is 15.3. The lowest BCUT2D eigenvalue weighted by Crippen LogP contribution is -2.51. The first-order valence-electron chi connectivity index (χ1n) is 9.88. The van der Waals surface area contributed by atoms with E-state index < -0.39 is 6.04 Å². The number of hydrogen-bond acceptors (Lipinski definition) is 7. The van der Waals surface area contributed by atoms with Crippen LogP contribution in [0, 0.1) is 13.8 Å². The number of carbonyl (C=O) groups is 1. The summed E-state index contributed by atoms with van der Waals surface area (Å²) < 4.78 is 2.90. The van der Waals surface area contributed by atoms with Gasteiger partial charge in [-0.3, -0.25) is 9.59 Å². The lowest BCUT2D eigenvalue weighted by atomic mass is 10.2. The molecule has 156 valence electrons. The van der Waals surface area contributed by atoms with Crippen LogP contribution in [0.15, 0.2) is 41.5 Å². The average molecular weight is 408 g/mol. The monoisotopic (exact) mass is 408 g/mol. The first-order chi connectivity index (χ1) is 14.4. The summed E-state index contributed by atoms with van der Waals surface area (Å²) in [5.41, 5.74) is 1.44. The van der Waals surface area contributed by atoms with E-state index in [2.05, 4.69) is 20.2 Å². The predicted molar refractivity (Wildman–Crippen MR) is 111 cm³/mol. The van der Waals surface area contributed by atoms with Crippen molar-refractivity contribution >= 4 is 11.9 Å². The number of anilines is 1. The number of piperazine rings is 1. The highest BCUT2D eigenvalue weighted by Crippen LogP contribution is 2.14. The molecule has 1 atom stereocenters. The Morgan fingerprint density at radius 3 is 2.37 bits per heavy atom. The fourth-order valence-electron chi connectivity index (χ4n) is 3.62. The predicted octanol–water partition coefficient (Wildman–Crippen LogP) is 0.746. The van der Waals surface area contributed by atoms with E-state index in [4.69, 9.17) is 0 Å². The SMILES string of the molecule is Cc1cc(C)n(-c2ccc(=O)n(C(C)C(=O)N3CCN(c4ncccn4)CC3)n2)n1. The third-order valence-electron chi connectivity index (χ3n) is 5.19. The summed E-state index contributed by atoms with van der Waals surface area (Å²) >= 11 is 0. The molecular formula is C20H24N8O2. The molecule has 30 heavy (non-hydrogen) atoms. The topological polar surface area (TPSA) is 102 Å². The van der Waals surface area contributed by atoms with Crippen molar-refractivity contribution in [2.75, 3.05) is 31.1 Å². The van der Waals surface area contributed by atoms with Crippen molar-refractivity contribution in [3.8, 4) is 5.82 Å². The van der Waals surface area contributed by atoms with E-state index >= 15 is 0 Å². The van der Waals surface area contributed by atoms with Gasteiger partial charge in [0.25, 0.3) is 5.56 Å². The lowest BCUT2D eigenvalue weighted by molar-refractivity contribution is -0.135. The maximum absolute atomic E-state index is 13.1. The molecule has 1 saturated heterocycles. The van der Waals surface area contributed by atoms with Gasteiger partial charge >= 0.3 is 0 Å². The second-order valence-corrected chi connectivity index (χ2v) is 7.35. The van der Waals surface area contributed by atoms with Crippen LogP contribution in [0.3, 0.4) is 0 Å². The zero-order chi connectivity index (χ0) is 21.3. The Morgan fingerprint density at radius 2 is 1.73 bits per heavy atom. The molecule has 4 rings (SSSR count). The molecular weight excluding hydrogens is 384 g/mol. The van der Waals surface area contributed by atoms with Crippen LogP contribution in [0.5, 0.6) is 0 Å². The second-order valence-electron chi connectivity index (χ2n) is 7.35. The Kier molecular flexibility index (Phi) is 5.30. The van der Waals surface area contributed by atoms with Gasteiger partial charge < -0.3 is 9.80 Å². The fourth-order valence-corrected chi connectivity index (χ4v) is 3.62. The minimum atomic E-state index is -0.714. The molecule has 0 N–H and O–H groups in total. The van der Waals surface area contributed by atoms with Crippen LogP contribution < -0.4 is 10.5 Å². The average Bonchev–Trinajstić information content (AvgIpc) is 3.11. The minimum Gasteiger partial charge on any atom is -0.337 e. The molecule has 1 amide bonds. The highest BCUT2D eigenvalue weighted by molar-refractivity contribution is 5.80. The van der Waals surface area contributed by atoms with Crippen LogP contribution in [0.1, 0.15) is 24.4 Å². The zero-order valence-corrected chi connectivity index (χ0v) is 17.3. The van der Waals surface area contributed by atoms with E-state index in [9.17, 15) is 9.59 Å². The van der Waals surface area contributed by atoms with E-state index in [1.165, 1.54) is 10.7 Å². The smallest absolute Gasteiger partial charge is 0.267 e. The van der Waals surface area contributed by atoms with Crippen LogP contribution in [0.2, 0.25) is 0 Å². The number of hydrogen-bond donors (Lipinski definition) is 0. The van der Waals surface area contributed by atoms with Gasteiger partial charge in [0.1, 0.15) is 6.04 Å². The first-order valence-corrected chi connectivity index (χ1v) is 9.88. The largest absolute Gasteiger partial charge is 0.337 e. The van der Waals surface area contributed by atoms with Gasteiger partial charge in [-0.15, -0.1) is 5.10 Å². The molecule has 1 aliphatic heterocycles. The molecule has 1 fully saturated rings. The first kappa shape index (κ1) is 19.7. The van der Waals surface area contributed by atoms with Gasteiger partial charge in [0.2, 0.25) is 11.9 Å². The van der Waals surface area contributed by atoms with Crippen LogP contribution in [0.25, 0.3) is 5.82 Å². The van der Waals surface area contributed by atoms with Gasteiger partial charge in [0.15, 0.2) is 5.82 Å². The fraction of sp³-hybridized carbons (Fsp3) is 0.400. The second kappa shape index (κ2) is 8.05. The van der Waals surface area contributed by atoms with Gasteiger partial charge in [0.05, 0.1) is 5.69 Å². The lowest BCUT2D eigenvalue weighted by Gasteiger charge is -2.35. The van der Waals surface area contributed by atoms with Crippen molar-refractivity contribution < 1.29 is 4.79 Å². The minimum absolute atomic E-state index is 0.135. The van der Waals surface area contributed by atoms with Crippen molar-refractivity contribution in [3.05, 3.63) is 58.4 Å². The molecule has 3 aromatic heterocycles. The Bertz CT molecular complexity index is 1100. The molecule has 0 spiro atoms. The molecule has 1 unspecified atom stereocenters. The standard InChI is InChI=1S/C20H24N8O2/c1-14-13-15(2)27(23-14)17-5-6-18(29)28(24-17)16(3)19(30)25-9-11-26(12-10-25)20-21-7-4-8-22-20/h4-8,13,16H,9-12H2,1-3H3. The van der Waals surface area contributed by atoms with Crippen molar-refractivity contribution in [3.63, 3.8) is 0 Å². The number of aromatic nitrogens is 6. The van der Waals surface area contributed by atoms with Crippen LogP contribution in [-0.4, -0.2) is 66.5 Å². The molecule has 0 saturated carbocycles. The van der Waals surface area contributed by atoms with Crippen molar-refractivity contribution in [1.82, 2.24) is 34.4 Å². The van der Waals surface area contributed by atoms with E-state index in [0.717, 1.165) is 11.4 Å². The summed E-state index contributed by atoms with van der Waals surface area (Å²) in [6.45, 7) is 7.86. The number of aryl methyl sites for hydroxylation is 2. The summed E-state index contributed by atoms with van der Waals surface area (Å²) in [6.07, 6.45) is 3.41.